The van der Waals surface area contributed by atoms with Gasteiger partial charge in [0, 0.05) is 13.1 Å². The number of hydrogen-bond acceptors (Lipinski definition) is 5. The van der Waals surface area contributed by atoms with E-state index in [0.29, 0.717) is 0 Å². The molecule has 0 N–H and O–H groups in total. The van der Waals surface area contributed by atoms with E-state index >= 15 is 0 Å². The highest BCUT2D eigenvalue weighted by atomic mass is 15.1. The molecule has 5 heteroatoms. The van der Waals surface area contributed by atoms with Crippen LogP contribution in [0.4, 0.5) is 0 Å². The van der Waals surface area contributed by atoms with Crippen molar-refractivity contribution in [2.24, 2.45) is 47.3 Å². The van der Waals surface area contributed by atoms with Crippen LogP contribution in [0.2, 0.25) is 0 Å². The van der Waals surface area contributed by atoms with E-state index in [0.717, 1.165) is 60.4 Å². The summed E-state index contributed by atoms with van der Waals surface area (Å²) in [5.41, 5.74) is 0. The lowest BCUT2D eigenvalue weighted by Crippen LogP contribution is -2.21. The Morgan fingerprint density at radius 2 is 0.566 bits per heavy atom. The highest BCUT2D eigenvalue weighted by molar-refractivity contribution is 4.78. The first-order chi connectivity index (χ1) is 36.5. The quantitative estimate of drug-likeness (QED) is 0.0620. The van der Waals surface area contributed by atoms with Crippen LogP contribution in [0.3, 0.4) is 0 Å². The van der Waals surface area contributed by atoms with Gasteiger partial charge in [-0.3, -0.25) is 0 Å². The maximum atomic E-state index is 2.44. The number of rotatable bonds is 36. The van der Waals surface area contributed by atoms with E-state index in [1.54, 1.807) is 0 Å². The summed E-state index contributed by atoms with van der Waals surface area (Å²) in [5.74, 6) is 8.50. The molecule has 0 saturated heterocycles. The Morgan fingerprint density at radius 1 is 0.263 bits per heavy atom. The molecule has 4 fully saturated rings. The van der Waals surface area contributed by atoms with E-state index in [2.05, 4.69) is 184 Å². The normalized spacial score (nSPS) is 15.2. The Hall–Kier alpha value is -0.200. The maximum Gasteiger partial charge on any atom is 0.000661 e. The van der Waals surface area contributed by atoms with Crippen molar-refractivity contribution < 1.29 is 0 Å². The summed E-state index contributed by atoms with van der Waals surface area (Å²) in [5, 5.41) is 0. The fourth-order valence-electron chi connectivity index (χ4n) is 9.54. The predicted octanol–water partition coefficient (Wildman–Crippen LogP) is 21.6. The van der Waals surface area contributed by atoms with Crippen LogP contribution < -0.4 is 0 Å². The van der Waals surface area contributed by atoms with Crippen molar-refractivity contribution in [1.29, 1.82) is 0 Å². The monoisotopic (exact) mass is 1080 g/mol. The Morgan fingerprint density at radius 3 is 0.842 bits per heavy atom. The van der Waals surface area contributed by atoms with Gasteiger partial charge in [-0.05, 0) is 199 Å². The Labute approximate surface area is 487 Å². The summed E-state index contributed by atoms with van der Waals surface area (Å²) in [6.07, 6.45) is 42.6. The molecule has 0 aromatic carbocycles. The fourth-order valence-corrected chi connectivity index (χ4v) is 9.54. The molecule has 0 bridgehead atoms. The molecule has 0 heterocycles. The standard InChI is InChI=1S/C10H20.C10H22.C9H18.C9H20.C8H17N.C7H15N.C7H17N.C6H15N.C5H13N/c1-3-5-9(4-2)8-10-6-7-10;1-4-7-9-10(6-3)8-5-2;1-3-8(4-2)7-9-5-6-9;1-4-7-8-9(5-2)6-3;1-3-6-9(2)7-8-4-5-8;1-3-8(2)6-7-4-5-7;1-4-6-8(3)7-5-2;1-4-6-7(3)5-2;1-4-6(3)5-2/h9-10H,3-8H2,1-2H3;10H,4-9H2,1-3H3;8-9H,3-7H2,1-2H3;9H,4-8H2,1-3H3;8H,3-7H2,1-2H3;7H,3-6H2,1-2H3;4-7H2,1-3H3;4-6H2,1-3H3;4-5H2,1-3H3. The molecule has 4 aliphatic rings. The van der Waals surface area contributed by atoms with Gasteiger partial charge >= 0.3 is 0 Å². The van der Waals surface area contributed by atoms with Crippen molar-refractivity contribution in [2.45, 2.75) is 317 Å². The summed E-state index contributed by atoms with van der Waals surface area (Å²) >= 11 is 0. The molecule has 0 aromatic heterocycles. The zero-order chi connectivity index (χ0) is 58.8. The second-order valence-corrected chi connectivity index (χ2v) is 24.8. The average Bonchev–Trinajstić information content (AvgIpc) is 4.16. The molecule has 0 aliphatic heterocycles. The SMILES string of the molecule is CCC(CC)CC1CC1.CCCC(CC)CC1CC1.CCCCC(CC)CC.CCCCC(CC)CCC.CCCN(C)CC.CCCN(C)CC1CC1.CCCN(C)CCC.CCN(C)CC.CCN(C)CC1CC1. The summed E-state index contributed by atoms with van der Waals surface area (Å²) in [7, 11) is 10.8. The van der Waals surface area contributed by atoms with Crippen molar-refractivity contribution in [3.05, 3.63) is 0 Å². The van der Waals surface area contributed by atoms with E-state index in [1.807, 2.05) is 0 Å². The minimum absolute atomic E-state index is 1.00. The smallest absolute Gasteiger partial charge is 0.000661 e. The second-order valence-electron chi connectivity index (χ2n) is 24.8. The average molecular weight is 1080 g/mol. The molecule has 4 saturated carbocycles. The van der Waals surface area contributed by atoms with Crippen LogP contribution in [0.25, 0.3) is 0 Å². The van der Waals surface area contributed by atoms with E-state index < -0.39 is 0 Å². The third-order valence-corrected chi connectivity index (χ3v) is 16.6. The van der Waals surface area contributed by atoms with Gasteiger partial charge in [0.2, 0.25) is 0 Å². The van der Waals surface area contributed by atoms with E-state index in [-0.39, 0.29) is 0 Å². The lowest BCUT2D eigenvalue weighted by molar-refractivity contribution is 0.321. The minimum atomic E-state index is 1.00. The topological polar surface area (TPSA) is 16.2 Å². The van der Waals surface area contributed by atoms with E-state index in [9.17, 15) is 0 Å². The Bertz CT molecular complexity index is 989. The zero-order valence-electron chi connectivity index (χ0n) is 58.1. The Kier molecular flexibility index (Phi) is 73.0. The van der Waals surface area contributed by atoms with Gasteiger partial charge in [0.15, 0.2) is 0 Å². The number of nitrogens with zero attached hydrogens (tertiary/aromatic N) is 5. The molecule has 4 rings (SSSR count). The third-order valence-electron chi connectivity index (χ3n) is 16.6. The first-order valence-electron chi connectivity index (χ1n) is 34.9. The Balaban J connectivity index is -0.000000250. The zero-order valence-corrected chi connectivity index (χ0v) is 58.1. The van der Waals surface area contributed by atoms with Crippen molar-refractivity contribution >= 4 is 0 Å². The van der Waals surface area contributed by atoms with Crippen LogP contribution in [0.15, 0.2) is 0 Å². The maximum absolute atomic E-state index is 2.44. The summed E-state index contributed by atoms with van der Waals surface area (Å²) in [6.45, 7) is 52.9. The van der Waals surface area contributed by atoms with Gasteiger partial charge < -0.3 is 24.5 Å². The molecule has 76 heavy (non-hydrogen) atoms. The van der Waals surface area contributed by atoms with Crippen LogP contribution in [-0.4, -0.2) is 125 Å². The summed E-state index contributed by atoms with van der Waals surface area (Å²) < 4.78 is 0. The van der Waals surface area contributed by atoms with Crippen LogP contribution in [0, 0.1) is 47.3 Å². The predicted molar refractivity (Wildman–Crippen MR) is 356 cm³/mol. The molecule has 5 nitrogen and oxygen atoms in total. The lowest BCUT2D eigenvalue weighted by atomic mass is 9.95. The number of hydrogen-bond donors (Lipinski definition) is 0. The van der Waals surface area contributed by atoms with Gasteiger partial charge in [-0.15, -0.1) is 0 Å². The molecule has 2 unspecified atom stereocenters. The van der Waals surface area contributed by atoms with E-state index in [4.69, 9.17) is 0 Å². The van der Waals surface area contributed by atoms with Gasteiger partial charge in [-0.1, -0.05) is 253 Å². The van der Waals surface area contributed by atoms with Crippen molar-refractivity contribution in [3.8, 4) is 0 Å². The minimum Gasteiger partial charge on any atom is -0.307 e. The first kappa shape index (κ1) is 84.6. The molecule has 4 aliphatic carbocycles. The largest absolute Gasteiger partial charge is 0.307 e. The molecule has 0 amide bonds. The number of unbranched alkanes of at least 4 members (excludes halogenated alkanes) is 2. The molecule has 0 radical (unpaired) electrons. The van der Waals surface area contributed by atoms with Gasteiger partial charge in [0.25, 0.3) is 0 Å². The molecule has 0 aromatic rings. The van der Waals surface area contributed by atoms with Crippen LogP contribution in [-0.2, 0) is 0 Å². The highest BCUT2D eigenvalue weighted by Crippen LogP contribution is 2.38. The lowest BCUT2D eigenvalue weighted by Gasteiger charge is -2.13. The fraction of sp³-hybridized carbons (Fsp3) is 1.00. The van der Waals surface area contributed by atoms with Gasteiger partial charge in [0.05, 0.1) is 0 Å². The molecular weight excluding hydrogens is 923 g/mol. The summed E-state index contributed by atoms with van der Waals surface area (Å²) in [6, 6.07) is 0. The van der Waals surface area contributed by atoms with Crippen molar-refractivity contribution in [3.63, 3.8) is 0 Å². The van der Waals surface area contributed by atoms with Gasteiger partial charge in [-0.25, -0.2) is 0 Å². The van der Waals surface area contributed by atoms with Crippen molar-refractivity contribution in [2.75, 3.05) is 101 Å². The molecule has 0 spiro atoms. The van der Waals surface area contributed by atoms with Gasteiger partial charge in [0.1, 0.15) is 0 Å². The molecule has 2 atom stereocenters. The van der Waals surface area contributed by atoms with Crippen LogP contribution >= 0.6 is 0 Å². The van der Waals surface area contributed by atoms with Crippen molar-refractivity contribution in [1.82, 2.24) is 24.5 Å². The first-order valence-corrected chi connectivity index (χ1v) is 34.9. The van der Waals surface area contributed by atoms with Gasteiger partial charge in [-0.2, -0.15) is 0 Å². The molecule has 466 valence electrons. The summed E-state index contributed by atoms with van der Waals surface area (Å²) in [4.78, 5) is 11.7. The third kappa shape index (κ3) is 71.8. The van der Waals surface area contributed by atoms with Crippen LogP contribution in [0.1, 0.15) is 317 Å². The van der Waals surface area contributed by atoms with E-state index in [1.165, 1.54) is 245 Å². The second kappa shape index (κ2) is 65.6. The molecular formula is C71H157N5. The van der Waals surface area contributed by atoms with Crippen LogP contribution in [0.5, 0.6) is 0 Å². The highest BCUT2D eigenvalue weighted by Gasteiger charge is 2.25.